The van der Waals surface area contributed by atoms with Crippen LogP contribution in [0.1, 0.15) is 18.7 Å². The first kappa shape index (κ1) is 9.68. The number of nitrogens with zero attached hydrogens (tertiary/aromatic N) is 2. The lowest BCUT2D eigenvalue weighted by Crippen LogP contribution is -2.36. The summed E-state index contributed by atoms with van der Waals surface area (Å²) in [6.07, 6.45) is 6.17. The van der Waals surface area contributed by atoms with Crippen molar-refractivity contribution in [3.63, 3.8) is 0 Å². The lowest BCUT2D eigenvalue weighted by molar-refractivity contribution is 0.0696. The first-order valence-corrected chi connectivity index (χ1v) is 5.13. The number of aromatic nitrogens is 2. The fourth-order valence-electron chi connectivity index (χ4n) is 1.70. The van der Waals surface area contributed by atoms with Gasteiger partial charge in [0.2, 0.25) is 0 Å². The molecule has 78 valence electrons. The highest BCUT2D eigenvalue weighted by atomic mass is 16.5. The van der Waals surface area contributed by atoms with Gasteiger partial charge in [0.25, 0.3) is 0 Å². The van der Waals surface area contributed by atoms with Gasteiger partial charge in [-0.25, -0.2) is 4.98 Å². The molecule has 1 aliphatic heterocycles. The second kappa shape index (κ2) is 4.57. The number of nitrogens with one attached hydrogen (secondary N) is 1. The minimum Gasteiger partial charge on any atom is -0.380 e. The molecular weight excluding hydrogens is 178 g/mol. The Morgan fingerprint density at radius 2 is 2.64 bits per heavy atom. The van der Waals surface area contributed by atoms with Gasteiger partial charge >= 0.3 is 0 Å². The Balaban J connectivity index is 1.79. The van der Waals surface area contributed by atoms with Crippen LogP contribution in [-0.4, -0.2) is 28.8 Å². The van der Waals surface area contributed by atoms with E-state index in [2.05, 4.69) is 10.3 Å². The summed E-state index contributed by atoms with van der Waals surface area (Å²) < 4.78 is 7.43. The third kappa shape index (κ3) is 2.33. The maximum absolute atomic E-state index is 5.39. The molecule has 14 heavy (non-hydrogen) atoms. The predicted molar refractivity (Wildman–Crippen MR) is 53.9 cm³/mol. The quantitative estimate of drug-likeness (QED) is 0.771. The van der Waals surface area contributed by atoms with Gasteiger partial charge in [-0.3, -0.25) is 0 Å². The van der Waals surface area contributed by atoms with E-state index in [0.717, 1.165) is 32.0 Å². The van der Waals surface area contributed by atoms with Crippen LogP contribution in [0.4, 0.5) is 0 Å². The van der Waals surface area contributed by atoms with Crippen LogP contribution in [0.5, 0.6) is 0 Å². The zero-order valence-corrected chi connectivity index (χ0v) is 8.57. The largest absolute Gasteiger partial charge is 0.380 e. The second-order valence-electron chi connectivity index (χ2n) is 3.75. The number of ether oxygens (including phenoxy) is 1. The molecule has 1 aromatic rings. The molecule has 4 heteroatoms. The van der Waals surface area contributed by atoms with Crippen molar-refractivity contribution in [3.8, 4) is 0 Å². The van der Waals surface area contributed by atoms with Crippen LogP contribution in [0.2, 0.25) is 0 Å². The van der Waals surface area contributed by atoms with E-state index in [-0.39, 0.29) is 0 Å². The molecule has 0 radical (unpaired) electrons. The van der Waals surface area contributed by atoms with Gasteiger partial charge in [-0.15, -0.1) is 0 Å². The zero-order valence-electron chi connectivity index (χ0n) is 8.57. The molecule has 0 spiro atoms. The standard InChI is InChI=1S/C10H17N3O/c1-13-5-4-11-10(13)7-12-9-3-2-6-14-8-9/h4-5,9,12H,2-3,6-8H2,1H3. The van der Waals surface area contributed by atoms with Crippen molar-refractivity contribution in [1.29, 1.82) is 0 Å². The van der Waals surface area contributed by atoms with Crippen LogP contribution in [0.3, 0.4) is 0 Å². The number of imidazole rings is 1. The zero-order chi connectivity index (χ0) is 9.80. The average molecular weight is 195 g/mol. The van der Waals surface area contributed by atoms with Gasteiger partial charge in [0.05, 0.1) is 13.2 Å². The van der Waals surface area contributed by atoms with Crippen molar-refractivity contribution >= 4 is 0 Å². The first-order valence-electron chi connectivity index (χ1n) is 5.13. The lowest BCUT2D eigenvalue weighted by Gasteiger charge is -2.22. The number of rotatable bonds is 3. The van der Waals surface area contributed by atoms with E-state index in [4.69, 9.17) is 4.74 Å². The van der Waals surface area contributed by atoms with Crippen LogP contribution in [0.15, 0.2) is 12.4 Å². The molecule has 2 heterocycles. The highest BCUT2D eigenvalue weighted by molar-refractivity contribution is 4.91. The highest BCUT2D eigenvalue weighted by Crippen LogP contribution is 2.06. The van der Waals surface area contributed by atoms with Gasteiger partial charge in [0.15, 0.2) is 0 Å². The average Bonchev–Trinajstić information content (AvgIpc) is 2.63. The van der Waals surface area contributed by atoms with Gasteiger partial charge in [-0.1, -0.05) is 0 Å². The lowest BCUT2D eigenvalue weighted by atomic mass is 10.1. The van der Waals surface area contributed by atoms with Crippen LogP contribution in [-0.2, 0) is 18.3 Å². The van der Waals surface area contributed by atoms with Crippen molar-refractivity contribution in [2.75, 3.05) is 13.2 Å². The molecule has 0 bridgehead atoms. The Kier molecular flexibility index (Phi) is 3.16. The Hall–Kier alpha value is -0.870. The molecule has 2 rings (SSSR count). The molecule has 0 saturated carbocycles. The second-order valence-corrected chi connectivity index (χ2v) is 3.75. The Bertz CT molecular complexity index is 279. The first-order chi connectivity index (χ1) is 6.86. The van der Waals surface area contributed by atoms with E-state index in [1.807, 2.05) is 24.0 Å². The summed E-state index contributed by atoms with van der Waals surface area (Å²) in [5.41, 5.74) is 0. The smallest absolute Gasteiger partial charge is 0.122 e. The molecule has 4 nitrogen and oxygen atoms in total. The molecule has 0 aliphatic carbocycles. The number of hydrogen-bond donors (Lipinski definition) is 1. The molecule has 0 amide bonds. The summed E-state index contributed by atoms with van der Waals surface area (Å²) in [6.45, 7) is 2.59. The van der Waals surface area contributed by atoms with Crippen LogP contribution in [0.25, 0.3) is 0 Å². The highest BCUT2D eigenvalue weighted by Gasteiger charge is 2.13. The summed E-state index contributed by atoms with van der Waals surface area (Å²) >= 11 is 0. The summed E-state index contributed by atoms with van der Waals surface area (Å²) in [5, 5.41) is 3.46. The third-order valence-corrected chi connectivity index (χ3v) is 2.63. The number of aryl methyl sites for hydroxylation is 1. The molecule has 1 aromatic heterocycles. The van der Waals surface area contributed by atoms with Crippen LogP contribution < -0.4 is 5.32 Å². The summed E-state index contributed by atoms with van der Waals surface area (Å²) in [6, 6.07) is 0.500. The molecule has 1 saturated heterocycles. The maximum Gasteiger partial charge on any atom is 0.122 e. The SMILES string of the molecule is Cn1ccnc1CNC1CCCOC1. The van der Waals surface area contributed by atoms with Gasteiger partial charge in [0, 0.05) is 32.1 Å². The normalized spacial score (nSPS) is 22.5. The van der Waals surface area contributed by atoms with Gasteiger partial charge in [0.1, 0.15) is 5.82 Å². The van der Waals surface area contributed by atoms with Gasteiger partial charge in [-0.2, -0.15) is 0 Å². The molecule has 1 aliphatic rings. The van der Waals surface area contributed by atoms with E-state index in [0.29, 0.717) is 6.04 Å². The monoisotopic (exact) mass is 195 g/mol. The fraction of sp³-hybridized carbons (Fsp3) is 0.700. The minimum absolute atomic E-state index is 0.500. The van der Waals surface area contributed by atoms with E-state index < -0.39 is 0 Å². The van der Waals surface area contributed by atoms with Crippen LogP contribution in [0, 0.1) is 0 Å². The third-order valence-electron chi connectivity index (χ3n) is 2.63. The summed E-state index contributed by atoms with van der Waals surface area (Å²) in [4.78, 5) is 4.26. The van der Waals surface area contributed by atoms with Gasteiger partial charge in [-0.05, 0) is 12.8 Å². The summed E-state index contributed by atoms with van der Waals surface area (Å²) in [5.74, 6) is 1.08. The van der Waals surface area contributed by atoms with Crippen molar-refractivity contribution in [3.05, 3.63) is 18.2 Å². The van der Waals surface area contributed by atoms with E-state index >= 15 is 0 Å². The van der Waals surface area contributed by atoms with Gasteiger partial charge < -0.3 is 14.6 Å². The van der Waals surface area contributed by atoms with E-state index in [1.165, 1.54) is 6.42 Å². The Morgan fingerprint density at radius 1 is 1.71 bits per heavy atom. The molecule has 1 unspecified atom stereocenters. The summed E-state index contributed by atoms with van der Waals surface area (Å²) in [7, 11) is 2.02. The van der Waals surface area contributed by atoms with E-state index in [9.17, 15) is 0 Å². The Morgan fingerprint density at radius 3 is 3.29 bits per heavy atom. The molecule has 1 atom stereocenters. The Labute approximate surface area is 84.3 Å². The van der Waals surface area contributed by atoms with Crippen molar-refractivity contribution in [2.24, 2.45) is 7.05 Å². The predicted octanol–water partition coefficient (Wildman–Crippen LogP) is 0.689. The molecule has 1 N–H and O–H groups in total. The number of hydrogen-bond acceptors (Lipinski definition) is 3. The maximum atomic E-state index is 5.39. The van der Waals surface area contributed by atoms with Crippen molar-refractivity contribution in [2.45, 2.75) is 25.4 Å². The topological polar surface area (TPSA) is 39.1 Å². The van der Waals surface area contributed by atoms with E-state index in [1.54, 1.807) is 0 Å². The molecule has 0 aromatic carbocycles. The van der Waals surface area contributed by atoms with Crippen molar-refractivity contribution in [1.82, 2.24) is 14.9 Å². The fourth-order valence-corrected chi connectivity index (χ4v) is 1.70. The van der Waals surface area contributed by atoms with Crippen LogP contribution >= 0.6 is 0 Å². The molecular formula is C10H17N3O. The molecule has 1 fully saturated rings. The van der Waals surface area contributed by atoms with Crippen molar-refractivity contribution < 1.29 is 4.74 Å². The minimum atomic E-state index is 0.500.